The smallest absolute Gasteiger partial charge is 0.226 e. The van der Waals surface area contributed by atoms with Gasteiger partial charge in [-0.2, -0.15) is 0 Å². The Kier molecular flexibility index (Phi) is 7.20. The molecule has 0 radical (unpaired) electrons. The zero-order chi connectivity index (χ0) is 26.8. The van der Waals surface area contributed by atoms with E-state index < -0.39 is 0 Å². The highest BCUT2D eigenvalue weighted by Gasteiger charge is 2.41. The summed E-state index contributed by atoms with van der Waals surface area (Å²) in [4.78, 5) is 19.3. The number of thiocarbonyl (C=S) groups is 1. The predicted octanol–water partition coefficient (Wildman–Crippen LogP) is 5.77. The van der Waals surface area contributed by atoms with Gasteiger partial charge in [0, 0.05) is 41.9 Å². The van der Waals surface area contributed by atoms with Gasteiger partial charge >= 0.3 is 0 Å². The molecular weight excluding hydrogens is 504 g/mol. The number of aryl methyl sites for hydroxylation is 1. The minimum absolute atomic E-state index is 0.174. The van der Waals surface area contributed by atoms with Crippen LogP contribution in [0.3, 0.4) is 0 Å². The van der Waals surface area contributed by atoms with E-state index in [0.29, 0.717) is 17.3 Å². The first-order valence-corrected chi connectivity index (χ1v) is 12.7. The van der Waals surface area contributed by atoms with E-state index in [4.69, 9.17) is 12.2 Å². The van der Waals surface area contributed by atoms with Crippen LogP contribution in [0.25, 0.3) is 5.69 Å². The van der Waals surface area contributed by atoms with Gasteiger partial charge in [0.15, 0.2) is 5.11 Å². The second-order valence-electron chi connectivity index (χ2n) is 9.27. The summed E-state index contributed by atoms with van der Waals surface area (Å²) in [5.74, 6) is -0.874. The number of rotatable bonds is 7. The van der Waals surface area contributed by atoms with Crippen LogP contribution in [-0.2, 0) is 4.79 Å². The number of nitrogens with one attached hydrogen (secondary N) is 2. The number of carbonyl (C=O) groups excluding carboxylic acids is 1. The monoisotopic (exact) mass is 531 g/mol. The summed E-state index contributed by atoms with van der Waals surface area (Å²) >= 11 is 5.74. The van der Waals surface area contributed by atoms with E-state index in [9.17, 15) is 13.6 Å². The Morgan fingerprint density at radius 3 is 2.53 bits per heavy atom. The molecule has 1 saturated heterocycles. The molecule has 0 spiro atoms. The second-order valence-corrected chi connectivity index (χ2v) is 9.65. The highest BCUT2D eigenvalue weighted by molar-refractivity contribution is 7.80. The number of hydrogen-bond donors (Lipinski definition) is 2. The Morgan fingerprint density at radius 1 is 1.03 bits per heavy atom. The number of halogens is 2. The van der Waals surface area contributed by atoms with Crippen LogP contribution in [-0.4, -0.2) is 32.0 Å². The molecule has 5 rings (SSSR count). The van der Waals surface area contributed by atoms with Crippen LogP contribution in [0.2, 0.25) is 0 Å². The Labute approximate surface area is 225 Å². The van der Waals surface area contributed by atoms with E-state index in [2.05, 4.69) is 21.7 Å². The number of pyridine rings is 1. The van der Waals surface area contributed by atoms with Gasteiger partial charge in [0.05, 0.1) is 17.8 Å². The molecule has 2 atom stereocenters. The molecule has 3 heterocycles. The molecule has 194 valence electrons. The minimum atomic E-state index is -0.365. The fraction of sp³-hybridized carbons (Fsp3) is 0.207. The minimum Gasteiger partial charge on any atom is -0.352 e. The summed E-state index contributed by atoms with van der Waals surface area (Å²) < 4.78 is 29.3. The van der Waals surface area contributed by atoms with Gasteiger partial charge in [0.2, 0.25) is 5.91 Å². The van der Waals surface area contributed by atoms with Crippen molar-refractivity contribution >= 4 is 28.9 Å². The lowest BCUT2D eigenvalue weighted by Gasteiger charge is -2.28. The maximum absolute atomic E-state index is 14.1. The summed E-state index contributed by atoms with van der Waals surface area (Å²) in [6.45, 7) is 4.35. The SMILES string of the molecule is Cc1cc(C2C(c3ccccn3)NC(=S)N2CCC(=O)Nc2ccc(F)cc2)c(C)n1-c1cccc(F)c1. The fourth-order valence-electron chi connectivity index (χ4n) is 5.06. The number of nitrogens with zero attached hydrogens (tertiary/aromatic N) is 3. The quantitative estimate of drug-likeness (QED) is 0.297. The van der Waals surface area contributed by atoms with Gasteiger partial charge in [-0.25, -0.2) is 8.78 Å². The highest BCUT2D eigenvalue weighted by Crippen LogP contribution is 2.41. The van der Waals surface area contributed by atoms with Crippen LogP contribution >= 0.6 is 12.2 Å². The third-order valence-electron chi connectivity index (χ3n) is 6.76. The average Bonchev–Trinajstić information content (AvgIpc) is 3.39. The van der Waals surface area contributed by atoms with Crippen molar-refractivity contribution in [1.29, 1.82) is 0 Å². The van der Waals surface area contributed by atoms with Crippen molar-refractivity contribution in [3.8, 4) is 5.69 Å². The molecule has 38 heavy (non-hydrogen) atoms. The molecule has 1 fully saturated rings. The maximum Gasteiger partial charge on any atom is 0.226 e. The van der Waals surface area contributed by atoms with E-state index in [1.54, 1.807) is 12.3 Å². The first kappa shape index (κ1) is 25.5. The molecule has 0 saturated carbocycles. The Balaban J connectivity index is 1.46. The van der Waals surface area contributed by atoms with Crippen LogP contribution in [0.5, 0.6) is 0 Å². The molecule has 0 bridgehead atoms. The van der Waals surface area contributed by atoms with Crippen molar-refractivity contribution in [2.24, 2.45) is 0 Å². The maximum atomic E-state index is 14.1. The normalized spacial score (nSPS) is 16.9. The van der Waals surface area contributed by atoms with Gasteiger partial charge in [-0.3, -0.25) is 9.78 Å². The molecule has 2 aromatic heterocycles. The molecule has 1 aliphatic heterocycles. The number of benzene rings is 2. The van der Waals surface area contributed by atoms with Crippen LogP contribution in [0.15, 0.2) is 79.0 Å². The van der Waals surface area contributed by atoms with E-state index in [1.807, 2.05) is 47.6 Å². The molecule has 1 aliphatic rings. The number of hydrogen-bond acceptors (Lipinski definition) is 3. The lowest BCUT2D eigenvalue weighted by molar-refractivity contribution is -0.116. The largest absolute Gasteiger partial charge is 0.352 e. The zero-order valence-corrected chi connectivity index (χ0v) is 21.8. The van der Waals surface area contributed by atoms with E-state index >= 15 is 0 Å². The average molecular weight is 532 g/mol. The molecule has 6 nitrogen and oxygen atoms in total. The van der Waals surface area contributed by atoms with Gasteiger partial charge in [-0.1, -0.05) is 12.1 Å². The standard InChI is InChI=1S/C29H27F2N5OS/c1-18-16-24(19(2)36(18)23-7-5-6-21(31)17-23)28-27(25-8-3-4-14-32-25)34-29(38)35(28)15-13-26(37)33-22-11-9-20(30)10-12-22/h3-12,14,16-17,27-28H,13,15H2,1-2H3,(H,33,37)(H,34,38). The lowest BCUT2D eigenvalue weighted by atomic mass is 9.96. The van der Waals surface area contributed by atoms with Crippen molar-refractivity contribution in [2.45, 2.75) is 32.4 Å². The molecule has 0 aliphatic carbocycles. The van der Waals surface area contributed by atoms with Crippen molar-refractivity contribution in [3.63, 3.8) is 0 Å². The molecule has 1 amide bonds. The number of anilines is 1. The summed E-state index contributed by atoms with van der Waals surface area (Å²) in [6, 6.07) is 19.5. The predicted molar refractivity (Wildman–Crippen MR) is 147 cm³/mol. The lowest BCUT2D eigenvalue weighted by Crippen LogP contribution is -2.32. The van der Waals surface area contributed by atoms with E-state index in [1.165, 1.54) is 36.4 Å². The molecule has 2 aromatic carbocycles. The van der Waals surface area contributed by atoms with Crippen LogP contribution < -0.4 is 10.6 Å². The van der Waals surface area contributed by atoms with E-state index in [-0.39, 0.29) is 36.0 Å². The van der Waals surface area contributed by atoms with Crippen LogP contribution in [0, 0.1) is 25.5 Å². The third kappa shape index (κ3) is 5.15. The van der Waals surface area contributed by atoms with Gasteiger partial charge in [-0.05, 0) is 92.3 Å². The topological polar surface area (TPSA) is 62.2 Å². The number of aromatic nitrogens is 2. The second kappa shape index (κ2) is 10.7. The summed E-state index contributed by atoms with van der Waals surface area (Å²) in [7, 11) is 0. The van der Waals surface area contributed by atoms with Gasteiger partial charge in [-0.15, -0.1) is 0 Å². The molecule has 2 N–H and O–H groups in total. The Hall–Kier alpha value is -4.11. The highest BCUT2D eigenvalue weighted by atomic mass is 32.1. The zero-order valence-electron chi connectivity index (χ0n) is 21.0. The molecule has 9 heteroatoms. The van der Waals surface area contributed by atoms with Crippen LogP contribution in [0.1, 0.15) is 41.1 Å². The van der Waals surface area contributed by atoms with Gasteiger partial charge in [0.1, 0.15) is 11.6 Å². The van der Waals surface area contributed by atoms with Gasteiger partial charge < -0.3 is 20.1 Å². The molecule has 2 unspecified atom stereocenters. The summed E-state index contributed by atoms with van der Waals surface area (Å²) in [6.07, 6.45) is 1.92. The third-order valence-corrected chi connectivity index (χ3v) is 7.11. The Bertz CT molecular complexity index is 1470. The first-order chi connectivity index (χ1) is 18.3. The van der Waals surface area contributed by atoms with E-state index in [0.717, 1.165) is 28.3 Å². The summed E-state index contributed by atoms with van der Waals surface area (Å²) in [5.41, 5.74) is 5.00. The van der Waals surface area contributed by atoms with Crippen LogP contribution in [0.4, 0.5) is 14.5 Å². The molecular formula is C29H27F2N5OS. The van der Waals surface area contributed by atoms with Gasteiger partial charge in [0.25, 0.3) is 0 Å². The van der Waals surface area contributed by atoms with Crippen molar-refractivity contribution in [3.05, 3.63) is 113 Å². The van der Waals surface area contributed by atoms with Crippen molar-refractivity contribution in [1.82, 2.24) is 19.8 Å². The van der Waals surface area contributed by atoms with Crippen molar-refractivity contribution < 1.29 is 13.6 Å². The fourth-order valence-corrected chi connectivity index (χ4v) is 5.39. The first-order valence-electron chi connectivity index (χ1n) is 12.3. The summed E-state index contributed by atoms with van der Waals surface area (Å²) in [5, 5.41) is 6.74. The molecule has 4 aromatic rings. The Morgan fingerprint density at radius 2 is 1.82 bits per heavy atom. The van der Waals surface area contributed by atoms with Crippen molar-refractivity contribution in [2.75, 3.05) is 11.9 Å². The number of amides is 1. The number of carbonyl (C=O) groups is 1.